The summed E-state index contributed by atoms with van der Waals surface area (Å²) in [5.74, 6) is -0.374. The van der Waals surface area contributed by atoms with Crippen LogP contribution in [0.3, 0.4) is 0 Å². The first-order valence-electron chi connectivity index (χ1n) is 4.07. The molecule has 1 aliphatic rings. The van der Waals surface area contributed by atoms with E-state index in [0.717, 1.165) is 0 Å². The quantitative estimate of drug-likeness (QED) is 0.841. The van der Waals surface area contributed by atoms with Crippen LogP contribution in [0.1, 0.15) is 11.7 Å². The lowest BCUT2D eigenvalue weighted by molar-refractivity contribution is 0.139. The van der Waals surface area contributed by atoms with Crippen LogP contribution in [-0.4, -0.2) is 12.6 Å². The summed E-state index contributed by atoms with van der Waals surface area (Å²) in [6.07, 6.45) is -1.05. The van der Waals surface area contributed by atoms with Crippen molar-refractivity contribution in [2.75, 3.05) is 6.54 Å². The van der Waals surface area contributed by atoms with Gasteiger partial charge in [-0.25, -0.2) is 9.18 Å². The van der Waals surface area contributed by atoms with E-state index in [0.29, 0.717) is 16.6 Å². The predicted molar refractivity (Wildman–Crippen MR) is 51.3 cm³/mol. The van der Waals surface area contributed by atoms with Crippen LogP contribution in [0, 0.1) is 5.82 Å². The van der Waals surface area contributed by atoms with Gasteiger partial charge >= 0.3 is 6.09 Å². The molecule has 3 nitrogen and oxygen atoms in total. The van der Waals surface area contributed by atoms with E-state index in [9.17, 15) is 9.18 Å². The minimum atomic E-state index is -0.543. The van der Waals surface area contributed by atoms with Crippen molar-refractivity contribution in [3.05, 3.63) is 34.1 Å². The van der Waals surface area contributed by atoms with Gasteiger partial charge in [0, 0.05) is 10.0 Å². The van der Waals surface area contributed by atoms with Gasteiger partial charge in [0.25, 0.3) is 0 Å². The van der Waals surface area contributed by atoms with Crippen molar-refractivity contribution in [1.82, 2.24) is 5.32 Å². The second kappa shape index (κ2) is 3.57. The number of carbonyl (C=O) groups is 1. The number of alkyl carbamates (subject to hydrolysis) is 1. The molecule has 1 unspecified atom stereocenters. The molecule has 5 heteroatoms. The van der Waals surface area contributed by atoms with Crippen LogP contribution >= 0.6 is 15.9 Å². The molecule has 0 bridgehead atoms. The van der Waals surface area contributed by atoms with Crippen LogP contribution in [0.25, 0.3) is 0 Å². The first kappa shape index (κ1) is 9.45. The first-order chi connectivity index (χ1) is 6.68. The molecule has 1 aromatic carbocycles. The van der Waals surface area contributed by atoms with E-state index in [1.807, 2.05) is 0 Å². The number of halogens is 2. The Morgan fingerprint density at radius 2 is 2.36 bits per heavy atom. The highest BCUT2D eigenvalue weighted by Crippen LogP contribution is 2.30. The van der Waals surface area contributed by atoms with E-state index in [1.54, 1.807) is 12.1 Å². The number of amides is 1. The molecular formula is C9H7BrFNO2. The van der Waals surface area contributed by atoms with Gasteiger partial charge < -0.3 is 10.1 Å². The average Bonchev–Trinajstić information content (AvgIpc) is 2.51. The summed E-state index contributed by atoms with van der Waals surface area (Å²) in [6, 6.07) is 4.64. The SMILES string of the molecule is O=C1NCC(c2c(F)cccc2Br)O1. The van der Waals surface area contributed by atoms with Crippen molar-refractivity contribution in [3.8, 4) is 0 Å². The third kappa shape index (κ3) is 1.59. The van der Waals surface area contributed by atoms with Crippen molar-refractivity contribution in [2.24, 2.45) is 0 Å². The van der Waals surface area contributed by atoms with Gasteiger partial charge in [-0.1, -0.05) is 22.0 Å². The molecule has 74 valence electrons. The summed E-state index contributed by atoms with van der Waals surface area (Å²) in [5, 5.41) is 2.47. The minimum absolute atomic E-state index is 0.304. The molecule has 0 saturated carbocycles. The maximum absolute atomic E-state index is 13.4. The number of ether oxygens (including phenoxy) is 1. The molecule has 0 aromatic heterocycles. The standard InChI is InChI=1S/C9H7BrFNO2/c10-5-2-1-3-6(11)8(5)7-4-12-9(13)14-7/h1-3,7H,4H2,(H,12,13). The molecule has 2 rings (SSSR count). The van der Waals surface area contributed by atoms with Crippen LogP contribution in [0.15, 0.2) is 22.7 Å². The summed E-state index contributed by atoms with van der Waals surface area (Å²) < 4.78 is 18.9. The van der Waals surface area contributed by atoms with Gasteiger partial charge in [-0.05, 0) is 12.1 Å². The summed E-state index contributed by atoms with van der Waals surface area (Å²) in [5.41, 5.74) is 0.380. The number of carbonyl (C=O) groups excluding carboxylic acids is 1. The number of hydrogen-bond acceptors (Lipinski definition) is 2. The van der Waals surface area contributed by atoms with E-state index < -0.39 is 12.2 Å². The highest BCUT2D eigenvalue weighted by molar-refractivity contribution is 9.10. The second-order valence-corrected chi connectivity index (χ2v) is 3.76. The second-order valence-electron chi connectivity index (χ2n) is 2.91. The van der Waals surface area contributed by atoms with Gasteiger partial charge in [0.2, 0.25) is 0 Å². The molecule has 1 N–H and O–H groups in total. The van der Waals surface area contributed by atoms with Gasteiger partial charge in [-0.3, -0.25) is 0 Å². The summed E-state index contributed by atoms with van der Waals surface area (Å²) in [6.45, 7) is 0.304. The fraction of sp³-hybridized carbons (Fsp3) is 0.222. The van der Waals surface area contributed by atoms with Gasteiger partial charge in [-0.15, -0.1) is 0 Å². The summed E-state index contributed by atoms with van der Waals surface area (Å²) in [7, 11) is 0. The van der Waals surface area contributed by atoms with Gasteiger partial charge in [0.05, 0.1) is 6.54 Å². The van der Waals surface area contributed by atoms with Gasteiger partial charge in [-0.2, -0.15) is 0 Å². The minimum Gasteiger partial charge on any atom is -0.439 e. The van der Waals surface area contributed by atoms with E-state index >= 15 is 0 Å². The van der Waals surface area contributed by atoms with Crippen LogP contribution in [0.2, 0.25) is 0 Å². The number of rotatable bonds is 1. The summed E-state index contributed by atoms with van der Waals surface area (Å²) in [4.78, 5) is 10.8. The lowest BCUT2D eigenvalue weighted by Gasteiger charge is -2.10. The Kier molecular flexibility index (Phi) is 2.41. The molecule has 14 heavy (non-hydrogen) atoms. The maximum Gasteiger partial charge on any atom is 0.407 e. The van der Waals surface area contributed by atoms with Crippen LogP contribution in [-0.2, 0) is 4.74 Å². The largest absolute Gasteiger partial charge is 0.439 e. The van der Waals surface area contributed by atoms with E-state index in [2.05, 4.69) is 21.2 Å². The van der Waals surface area contributed by atoms with E-state index in [4.69, 9.17) is 4.74 Å². The zero-order valence-corrected chi connectivity index (χ0v) is 8.67. The topological polar surface area (TPSA) is 38.3 Å². The maximum atomic E-state index is 13.4. The molecule has 1 atom stereocenters. The van der Waals surface area contributed by atoms with E-state index in [1.165, 1.54) is 6.07 Å². The number of cyclic esters (lactones) is 1. The van der Waals surface area contributed by atoms with Crippen molar-refractivity contribution in [2.45, 2.75) is 6.10 Å². The molecule has 0 spiro atoms. The van der Waals surface area contributed by atoms with Crippen LogP contribution in [0.4, 0.5) is 9.18 Å². The van der Waals surface area contributed by atoms with Crippen molar-refractivity contribution in [1.29, 1.82) is 0 Å². The lowest BCUT2D eigenvalue weighted by Crippen LogP contribution is -2.12. The number of hydrogen-bond donors (Lipinski definition) is 1. The molecule has 1 amide bonds. The number of benzene rings is 1. The van der Waals surface area contributed by atoms with Crippen LogP contribution in [0.5, 0.6) is 0 Å². The molecule has 1 aromatic rings. The van der Waals surface area contributed by atoms with E-state index in [-0.39, 0.29) is 5.82 Å². The zero-order chi connectivity index (χ0) is 10.1. The Hall–Kier alpha value is -1.10. The predicted octanol–water partition coefficient (Wildman–Crippen LogP) is 2.37. The zero-order valence-electron chi connectivity index (χ0n) is 7.09. The number of nitrogens with one attached hydrogen (secondary N) is 1. The molecule has 1 heterocycles. The fourth-order valence-electron chi connectivity index (χ4n) is 1.37. The Bertz CT molecular complexity index is 363. The Morgan fingerprint density at radius 3 is 2.93 bits per heavy atom. The Morgan fingerprint density at radius 1 is 1.57 bits per heavy atom. The first-order valence-corrected chi connectivity index (χ1v) is 4.86. The van der Waals surface area contributed by atoms with Gasteiger partial charge in [0.15, 0.2) is 0 Å². The molecule has 1 saturated heterocycles. The average molecular weight is 260 g/mol. The monoisotopic (exact) mass is 259 g/mol. The molecule has 0 aliphatic carbocycles. The smallest absolute Gasteiger partial charge is 0.407 e. The molecule has 1 aliphatic heterocycles. The van der Waals surface area contributed by atoms with Gasteiger partial charge in [0.1, 0.15) is 11.9 Å². The third-order valence-corrected chi connectivity index (χ3v) is 2.69. The van der Waals surface area contributed by atoms with Crippen molar-refractivity contribution in [3.63, 3.8) is 0 Å². The van der Waals surface area contributed by atoms with Crippen LogP contribution < -0.4 is 5.32 Å². The van der Waals surface area contributed by atoms with Crippen molar-refractivity contribution < 1.29 is 13.9 Å². The Balaban J connectivity index is 2.36. The highest BCUT2D eigenvalue weighted by Gasteiger charge is 2.28. The Labute approximate surface area is 88.4 Å². The highest BCUT2D eigenvalue weighted by atomic mass is 79.9. The fourth-order valence-corrected chi connectivity index (χ4v) is 1.97. The summed E-state index contributed by atoms with van der Waals surface area (Å²) >= 11 is 3.22. The molecular weight excluding hydrogens is 253 g/mol. The molecule has 1 fully saturated rings. The van der Waals surface area contributed by atoms with Crippen molar-refractivity contribution >= 4 is 22.0 Å². The normalized spacial score (nSPS) is 20.4. The third-order valence-electron chi connectivity index (χ3n) is 2.00. The molecule has 0 radical (unpaired) electrons. The lowest BCUT2D eigenvalue weighted by atomic mass is 10.1.